The van der Waals surface area contributed by atoms with Crippen LogP contribution in [0, 0.1) is 0 Å². The van der Waals surface area contributed by atoms with E-state index in [1.165, 1.54) is 37.3 Å². The Labute approximate surface area is 138 Å². The van der Waals surface area contributed by atoms with E-state index < -0.39 is 0 Å². The van der Waals surface area contributed by atoms with Crippen molar-refractivity contribution in [1.82, 2.24) is 15.5 Å². The largest absolute Gasteiger partial charge is 0.356 e. The van der Waals surface area contributed by atoms with Crippen molar-refractivity contribution in [3.05, 3.63) is 35.4 Å². The quantitative estimate of drug-likeness (QED) is 0.806. The summed E-state index contributed by atoms with van der Waals surface area (Å²) in [6.45, 7) is 5.67. The number of amides is 2. The Kier molecular flexibility index (Phi) is 7.07. The van der Waals surface area contributed by atoms with Gasteiger partial charge in [0.25, 0.3) is 0 Å². The molecule has 5 heteroatoms. The fraction of sp³-hybridized carbons (Fsp3) is 0.556. The summed E-state index contributed by atoms with van der Waals surface area (Å²) in [5, 5.41) is 5.58. The van der Waals surface area contributed by atoms with Crippen LogP contribution in [0.2, 0.25) is 0 Å². The molecule has 1 heterocycles. The van der Waals surface area contributed by atoms with Gasteiger partial charge in [-0.2, -0.15) is 0 Å². The normalized spacial score (nSPS) is 15.2. The summed E-state index contributed by atoms with van der Waals surface area (Å²) in [5.74, 6) is -0.142. The molecule has 0 bridgehead atoms. The van der Waals surface area contributed by atoms with Crippen LogP contribution < -0.4 is 10.6 Å². The van der Waals surface area contributed by atoms with Gasteiger partial charge in [-0.05, 0) is 37.1 Å². The summed E-state index contributed by atoms with van der Waals surface area (Å²) in [7, 11) is 0. The van der Waals surface area contributed by atoms with Crippen molar-refractivity contribution in [3.8, 4) is 0 Å². The Morgan fingerprint density at radius 2 is 1.74 bits per heavy atom. The second-order valence-electron chi connectivity index (χ2n) is 6.12. The topological polar surface area (TPSA) is 61.4 Å². The summed E-state index contributed by atoms with van der Waals surface area (Å²) in [5.41, 5.74) is 2.46. The highest BCUT2D eigenvalue weighted by Gasteiger charge is 2.12. The van der Waals surface area contributed by atoms with Crippen molar-refractivity contribution in [2.75, 3.05) is 19.6 Å². The number of piperidine rings is 1. The number of hydrogen-bond donors (Lipinski definition) is 2. The highest BCUT2D eigenvalue weighted by molar-refractivity contribution is 5.77. The molecule has 5 nitrogen and oxygen atoms in total. The number of nitrogens with one attached hydrogen (secondary N) is 2. The first-order chi connectivity index (χ1) is 11.1. The summed E-state index contributed by atoms with van der Waals surface area (Å²) in [6.07, 6.45) is 4.21. The van der Waals surface area contributed by atoms with Crippen LogP contribution in [0.1, 0.15) is 43.7 Å². The van der Waals surface area contributed by atoms with E-state index in [1.54, 1.807) is 0 Å². The van der Waals surface area contributed by atoms with Gasteiger partial charge in [0, 0.05) is 33.0 Å². The number of likely N-dealkylation sites (tertiary alicyclic amines) is 1. The van der Waals surface area contributed by atoms with E-state index in [0.29, 0.717) is 19.5 Å². The number of hydrogen-bond acceptors (Lipinski definition) is 3. The average Bonchev–Trinajstić information content (AvgIpc) is 2.55. The van der Waals surface area contributed by atoms with E-state index in [-0.39, 0.29) is 11.8 Å². The molecule has 1 fully saturated rings. The number of rotatable bonds is 7. The van der Waals surface area contributed by atoms with Crippen molar-refractivity contribution >= 4 is 11.8 Å². The first-order valence-electron chi connectivity index (χ1n) is 8.45. The predicted octanol–water partition coefficient (Wildman–Crippen LogP) is 1.81. The van der Waals surface area contributed by atoms with Crippen LogP contribution in [0.5, 0.6) is 0 Å². The molecule has 1 aromatic carbocycles. The molecule has 1 aliphatic heterocycles. The van der Waals surface area contributed by atoms with Crippen molar-refractivity contribution in [2.45, 2.75) is 45.7 Å². The molecule has 0 atom stereocenters. The Morgan fingerprint density at radius 3 is 2.43 bits per heavy atom. The van der Waals surface area contributed by atoms with E-state index in [4.69, 9.17) is 0 Å². The van der Waals surface area contributed by atoms with Gasteiger partial charge < -0.3 is 10.6 Å². The number of carbonyl (C=O) groups excluding carboxylic acids is 2. The van der Waals surface area contributed by atoms with Crippen LogP contribution >= 0.6 is 0 Å². The van der Waals surface area contributed by atoms with Gasteiger partial charge in [0.05, 0.1) is 0 Å². The third-order valence-corrected chi connectivity index (χ3v) is 4.16. The van der Waals surface area contributed by atoms with Gasteiger partial charge in [0.2, 0.25) is 11.8 Å². The zero-order valence-corrected chi connectivity index (χ0v) is 13.9. The molecule has 0 aromatic heterocycles. The maximum absolute atomic E-state index is 11.8. The summed E-state index contributed by atoms with van der Waals surface area (Å²) in [4.78, 5) is 25.1. The highest BCUT2D eigenvalue weighted by Crippen LogP contribution is 2.16. The van der Waals surface area contributed by atoms with Crippen LogP contribution in [0.3, 0.4) is 0 Å². The SMILES string of the molecule is CC(=O)NCCC(=O)NCc1ccccc1CN1CCCCC1. The molecule has 0 radical (unpaired) electrons. The number of carbonyl (C=O) groups is 2. The third-order valence-electron chi connectivity index (χ3n) is 4.16. The zero-order chi connectivity index (χ0) is 16.5. The fourth-order valence-electron chi connectivity index (χ4n) is 2.88. The molecule has 0 unspecified atom stereocenters. The monoisotopic (exact) mass is 317 g/mol. The van der Waals surface area contributed by atoms with Crippen molar-refractivity contribution < 1.29 is 9.59 Å². The second-order valence-corrected chi connectivity index (χ2v) is 6.12. The van der Waals surface area contributed by atoms with Crippen LogP contribution in [0.15, 0.2) is 24.3 Å². The van der Waals surface area contributed by atoms with Crippen LogP contribution in [-0.4, -0.2) is 36.3 Å². The van der Waals surface area contributed by atoms with Gasteiger partial charge in [-0.25, -0.2) is 0 Å². The molecular weight excluding hydrogens is 290 g/mol. The minimum Gasteiger partial charge on any atom is -0.356 e. The lowest BCUT2D eigenvalue weighted by molar-refractivity contribution is -0.121. The highest BCUT2D eigenvalue weighted by atomic mass is 16.2. The molecule has 0 spiro atoms. The average molecular weight is 317 g/mol. The lowest BCUT2D eigenvalue weighted by atomic mass is 10.0. The fourth-order valence-corrected chi connectivity index (χ4v) is 2.88. The molecule has 2 amide bonds. The minimum atomic E-state index is -0.107. The van der Waals surface area contributed by atoms with Crippen molar-refractivity contribution in [2.24, 2.45) is 0 Å². The van der Waals surface area contributed by atoms with E-state index in [1.807, 2.05) is 6.07 Å². The van der Waals surface area contributed by atoms with Crippen LogP contribution in [0.25, 0.3) is 0 Å². The van der Waals surface area contributed by atoms with Gasteiger partial charge >= 0.3 is 0 Å². The lowest BCUT2D eigenvalue weighted by Crippen LogP contribution is -2.31. The Morgan fingerprint density at radius 1 is 1.04 bits per heavy atom. The molecule has 2 rings (SSSR count). The molecule has 1 saturated heterocycles. The second kappa shape index (κ2) is 9.30. The van der Waals surface area contributed by atoms with E-state index in [9.17, 15) is 9.59 Å². The molecule has 1 aromatic rings. The zero-order valence-electron chi connectivity index (χ0n) is 13.9. The van der Waals surface area contributed by atoms with Crippen LogP contribution in [0.4, 0.5) is 0 Å². The first kappa shape index (κ1) is 17.5. The summed E-state index contributed by atoms with van der Waals surface area (Å²) >= 11 is 0. The standard InChI is InChI=1S/C18H27N3O2/c1-15(22)19-10-9-18(23)20-13-16-7-3-4-8-17(16)14-21-11-5-2-6-12-21/h3-4,7-8H,2,5-6,9-14H2,1H3,(H,19,22)(H,20,23). The van der Waals surface area contributed by atoms with Crippen LogP contribution in [-0.2, 0) is 22.7 Å². The minimum absolute atomic E-state index is 0.0356. The molecule has 0 aliphatic carbocycles. The maximum Gasteiger partial charge on any atom is 0.222 e. The van der Waals surface area contributed by atoms with Gasteiger partial charge in [-0.3, -0.25) is 14.5 Å². The molecule has 126 valence electrons. The first-order valence-corrected chi connectivity index (χ1v) is 8.45. The summed E-state index contributed by atoms with van der Waals surface area (Å²) < 4.78 is 0. The molecule has 0 saturated carbocycles. The number of benzene rings is 1. The molecule has 23 heavy (non-hydrogen) atoms. The number of nitrogens with zero attached hydrogens (tertiary/aromatic N) is 1. The molecular formula is C18H27N3O2. The van der Waals surface area contributed by atoms with E-state index >= 15 is 0 Å². The summed E-state index contributed by atoms with van der Waals surface area (Å²) in [6, 6.07) is 8.29. The van der Waals surface area contributed by atoms with Gasteiger partial charge in [0.1, 0.15) is 0 Å². The van der Waals surface area contributed by atoms with Gasteiger partial charge in [-0.15, -0.1) is 0 Å². The van der Waals surface area contributed by atoms with Crippen molar-refractivity contribution in [3.63, 3.8) is 0 Å². The van der Waals surface area contributed by atoms with Crippen molar-refractivity contribution in [1.29, 1.82) is 0 Å². The van der Waals surface area contributed by atoms with Gasteiger partial charge in [0.15, 0.2) is 0 Å². The maximum atomic E-state index is 11.8. The molecule has 1 aliphatic rings. The molecule has 2 N–H and O–H groups in total. The lowest BCUT2D eigenvalue weighted by Gasteiger charge is -2.27. The Bertz CT molecular complexity index is 525. The smallest absolute Gasteiger partial charge is 0.222 e. The van der Waals surface area contributed by atoms with E-state index in [0.717, 1.165) is 19.6 Å². The Hall–Kier alpha value is -1.88. The Balaban J connectivity index is 1.82. The third kappa shape index (κ3) is 6.40. The van der Waals surface area contributed by atoms with E-state index in [2.05, 4.69) is 33.7 Å². The van der Waals surface area contributed by atoms with Gasteiger partial charge in [-0.1, -0.05) is 30.7 Å². The predicted molar refractivity (Wildman–Crippen MR) is 90.7 cm³/mol.